The van der Waals surface area contributed by atoms with Gasteiger partial charge in [-0.3, -0.25) is 0 Å². The molecule has 0 heterocycles. The number of alkyl halides is 2. The van der Waals surface area contributed by atoms with Gasteiger partial charge in [0.05, 0.1) is 0 Å². The quantitative estimate of drug-likeness (QED) is 0.628. The lowest BCUT2D eigenvalue weighted by atomic mass is 9.99. The summed E-state index contributed by atoms with van der Waals surface area (Å²) in [5.74, 6) is 0. The van der Waals surface area contributed by atoms with Crippen LogP contribution in [0.2, 0.25) is 0 Å². The summed E-state index contributed by atoms with van der Waals surface area (Å²) in [6.45, 7) is 0. The minimum absolute atomic E-state index is 0.673. The van der Waals surface area contributed by atoms with Gasteiger partial charge in [-0.1, -0.05) is 65.7 Å². The standard InChI is InChI=1S/C12H10Cl2/c13-12(14)8-4-7-11(9-12)10-5-2-1-3-6-10/h1-7,9H,8H2. The van der Waals surface area contributed by atoms with E-state index in [-0.39, 0.29) is 0 Å². The van der Waals surface area contributed by atoms with E-state index in [1.54, 1.807) is 0 Å². The van der Waals surface area contributed by atoms with Crippen LogP contribution < -0.4 is 0 Å². The number of hydrogen-bond donors (Lipinski definition) is 0. The van der Waals surface area contributed by atoms with E-state index < -0.39 is 4.33 Å². The van der Waals surface area contributed by atoms with Crippen LogP contribution in [0.3, 0.4) is 0 Å². The van der Waals surface area contributed by atoms with E-state index in [4.69, 9.17) is 23.2 Å². The largest absolute Gasteiger partial charge is 0.140 e. The van der Waals surface area contributed by atoms with Crippen molar-refractivity contribution in [2.24, 2.45) is 0 Å². The summed E-state index contributed by atoms with van der Waals surface area (Å²) in [5.41, 5.74) is 2.23. The Hall–Kier alpha value is -0.720. The maximum absolute atomic E-state index is 6.05. The second-order valence-corrected chi connectivity index (χ2v) is 4.88. The highest BCUT2D eigenvalue weighted by Gasteiger charge is 2.22. The summed E-state index contributed by atoms with van der Waals surface area (Å²) < 4.78 is -0.750. The molecule has 0 spiro atoms. The molecular formula is C12H10Cl2. The third kappa shape index (κ3) is 2.20. The van der Waals surface area contributed by atoms with Crippen molar-refractivity contribution in [2.75, 3.05) is 0 Å². The lowest BCUT2D eigenvalue weighted by molar-refractivity contribution is 0.965. The third-order valence-corrected chi connectivity index (χ3v) is 2.69. The fourth-order valence-electron chi connectivity index (χ4n) is 1.49. The zero-order valence-electron chi connectivity index (χ0n) is 7.58. The monoisotopic (exact) mass is 224 g/mol. The van der Waals surface area contributed by atoms with E-state index in [0.29, 0.717) is 6.42 Å². The van der Waals surface area contributed by atoms with Crippen molar-refractivity contribution in [3.63, 3.8) is 0 Å². The molecule has 1 aliphatic carbocycles. The van der Waals surface area contributed by atoms with Crippen molar-refractivity contribution >= 4 is 28.8 Å². The van der Waals surface area contributed by atoms with E-state index in [2.05, 4.69) is 6.08 Å². The molecule has 14 heavy (non-hydrogen) atoms. The second-order valence-electron chi connectivity index (χ2n) is 3.33. The first-order chi connectivity index (χ1) is 6.67. The average molecular weight is 225 g/mol. The van der Waals surface area contributed by atoms with Gasteiger partial charge in [-0.2, -0.15) is 0 Å². The van der Waals surface area contributed by atoms with Crippen molar-refractivity contribution in [3.8, 4) is 0 Å². The smallest absolute Gasteiger partial charge is 0.0966 e. The molecule has 0 atom stereocenters. The van der Waals surface area contributed by atoms with Gasteiger partial charge in [0.15, 0.2) is 0 Å². The van der Waals surface area contributed by atoms with E-state index in [1.807, 2.05) is 42.5 Å². The van der Waals surface area contributed by atoms with Gasteiger partial charge in [-0.05, 0) is 17.2 Å². The maximum Gasteiger partial charge on any atom is 0.140 e. The Kier molecular flexibility index (Phi) is 2.66. The first-order valence-corrected chi connectivity index (χ1v) is 5.26. The minimum atomic E-state index is -0.750. The number of benzene rings is 1. The highest BCUT2D eigenvalue weighted by atomic mass is 35.5. The molecule has 0 N–H and O–H groups in total. The average Bonchev–Trinajstić information content (AvgIpc) is 2.18. The van der Waals surface area contributed by atoms with Crippen LogP contribution in [0, 0.1) is 0 Å². The van der Waals surface area contributed by atoms with Crippen LogP contribution in [0.4, 0.5) is 0 Å². The molecular weight excluding hydrogens is 215 g/mol. The minimum Gasteiger partial charge on any atom is -0.0966 e. The second kappa shape index (κ2) is 3.80. The number of hydrogen-bond acceptors (Lipinski definition) is 0. The fraction of sp³-hybridized carbons (Fsp3) is 0.167. The number of rotatable bonds is 1. The summed E-state index contributed by atoms with van der Waals surface area (Å²) in [4.78, 5) is 0. The van der Waals surface area contributed by atoms with Gasteiger partial charge in [0.25, 0.3) is 0 Å². The van der Waals surface area contributed by atoms with Crippen molar-refractivity contribution in [2.45, 2.75) is 10.8 Å². The van der Waals surface area contributed by atoms with Crippen molar-refractivity contribution in [1.29, 1.82) is 0 Å². The Morgan fingerprint density at radius 1 is 1.07 bits per heavy atom. The van der Waals surface area contributed by atoms with Crippen LogP contribution in [0.1, 0.15) is 12.0 Å². The normalized spacial score (nSPS) is 19.1. The molecule has 0 aliphatic heterocycles. The van der Waals surface area contributed by atoms with E-state index in [1.165, 1.54) is 0 Å². The van der Waals surface area contributed by atoms with Gasteiger partial charge in [0.1, 0.15) is 4.33 Å². The molecule has 0 bridgehead atoms. The maximum atomic E-state index is 6.05. The molecule has 1 aliphatic rings. The lowest BCUT2D eigenvalue weighted by Gasteiger charge is -2.18. The van der Waals surface area contributed by atoms with Crippen LogP contribution in [-0.2, 0) is 0 Å². The van der Waals surface area contributed by atoms with E-state index in [9.17, 15) is 0 Å². The Morgan fingerprint density at radius 3 is 2.43 bits per heavy atom. The summed E-state index contributed by atoms with van der Waals surface area (Å²) in [6.07, 6.45) is 6.62. The fourth-order valence-corrected chi connectivity index (χ4v) is 1.90. The van der Waals surface area contributed by atoms with Crippen molar-refractivity contribution in [1.82, 2.24) is 0 Å². The summed E-state index contributed by atoms with van der Waals surface area (Å²) in [6, 6.07) is 10.1. The van der Waals surface area contributed by atoms with Gasteiger partial charge in [-0.15, -0.1) is 0 Å². The van der Waals surface area contributed by atoms with Gasteiger partial charge in [0.2, 0.25) is 0 Å². The number of allylic oxidation sites excluding steroid dienone is 4. The van der Waals surface area contributed by atoms with Crippen LogP contribution in [0.5, 0.6) is 0 Å². The van der Waals surface area contributed by atoms with Crippen molar-refractivity contribution in [3.05, 3.63) is 54.1 Å². The van der Waals surface area contributed by atoms with Crippen LogP contribution in [-0.4, -0.2) is 4.33 Å². The molecule has 0 fully saturated rings. The molecule has 0 saturated carbocycles. The lowest BCUT2D eigenvalue weighted by Crippen LogP contribution is -2.10. The van der Waals surface area contributed by atoms with Gasteiger partial charge < -0.3 is 0 Å². The van der Waals surface area contributed by atoms with Crippen LogP contribution >= 0.6 is 23.2 Å². The summed E-state index contributed by atoms with van der Waals surface area (Å²) in [7, 11) is 0. The van der Waals surface area contributed by atoms with Gasteiger partial charge in [-0.25, -0.2) is 0 Å². The molecule has 1 aromatic rings. The molecule has 0 aromatic heterocycles. The van der Waals surface area contributed by atoms with Gasteiger partial charge >= 0.3 is 0 Å². The zero-order valence-corrected chi connectivity index (χ0v) is 9.09. The summed E-state index contributed by atoms with van der Waals surface area (Å²) >= 11 is 12.1. The first kappa shape index (κ1) is 9.82. The van der Waals surface area contributed by atoms with Crippen LogP contribution in [0.15, 0.2) is 48.6 Å². The third-order valence-electron chi connectivity index (χ3n) is 2.16. The highest BCUT2D eigenvalue weighted by Crippen LogP contribution is 2.35. The van der Waals surface area contributed by atoms with E-state index in [0.717, 1.165) is 11.1 Å². The highest BCUT2D eigenvalue weighted by molar-refractivity contribution is 6.50. The topological polar surface area (TPSA) is 0 Å². The Morgan fingerprint density at radius 2 is 1.79 bits per heavy atom. The molecule has 0 saturated heterocycles. The number of halogens is 2. The summed E-state index contributed by atoms with van der Waals surface area (Å²) in [5, 5.41) is 0. The molecule has 0 nitrogen and oxygen atoms in total. The Balaban J connectivity index is 2.36. The molecule has 0 radical (unpaired) electrons. The van der Waals surface area contributed by atoms with E-state index >= 15 is 0 Å². The molecule has 1 aromatic carbocycles. The Bertz CT molecular complexity index is 375. The zero-order chi connectivity index (χ0) is 10.0. The predicted octanol–water partition coefficient (Wildman–Crippen LogP) is 4.20. The molecule has 0 unspecified atom stereocenters. The predicted molar refractivity (Wildman–Crippen MR) is 62.6 cm³/mol. The molecule has 2 heteroatoms. The Labute approximate surface area is 93.8 Å². The molecule has 2 rings (SSSR count). The van der Waals surface area contributed by atoms with Gasteiger partial charge in [0, 0.05) is 6.42 Å². The first-order valence-electron chi connectivity index (χ1n) is 4.50. The molecule has 72 valence electrons. The SMILES string of the molecule is ClC1(Cl)C=C(c2ccccc2)C=CC1. The molecule has 0 amide bonds. The van der Waals surface area contributed by atoms with Crippen LogP contribution in [0.25, 0.3) is 5.57 Å². The van der Waals surface area contributed by atoms with Crippen molar-refractivity contribution < 1.29 is 0 Å².